The van der Waals surface area contributed by atoms with E-state index in [4.69, 9.17) is 11.6 Å². The lowest BCUT2D eigenvalue weighted by atomic mass is 10.1. The second-order valence-electron chi connectivity index (χ2n) is 8.52. The zero-order valence-corrected chi connectivity index (χ0v) is 22.5. The minimum Gasteiger partial charge on any atom is -0.352 e. The van der Waals surface area contributed by atoms with Gasteiger partial charge in [0, 0.05) is 31.7 Å². The van der Waals surface area contributed by atoms with Crippen LogP contribution in [0.15, 0.2) is 54.6 Å². The predicted molar refractivity (Wildman–Crippen MR) is 140 cm³/mol. The molecule has 0 bridgehead atoms. The highest BCUT2D eigenvalue weighted by molar-refractivity contribution is 7.90. The van der Waals surface area contributed by atoms with Gasteiger partial charge in [-0.2, -0.15) is 12.7 Å². The Morgan fingerprint density at radius 3 is 2.09 bits per heavy atom. The number of hydrogen-bond donors (Lipinski definition) is 1. The maximum atomic E-state index is 13.7. The first kappa shape index (κ1) is 28.6. The van der Waals surface area contributed by atoms with Gasteiger partial charge in [-0.15, -0.1) is 0 Å². The first-order valence-corrected chi connectivity index (χ1v) is 13.4. The van der Waals surface area contributed by atoms with E-state index in [1.165, 1.54) is 19.0 Å². The molecule has 2 atom stereocenters. The number of nitrogens with zero attached hydrogens (tertiary/aromatic N) is 3. The van der Waals surface area contributed by atoms with Crippen molar-refractivity contribution in [2.75, 3.05) is 24.9 Å². The monoisotopic (exact) mass is 522 g/mol. The summed E-state index contributed by atoms with van der Waals surface area (Å²) in [6.45, 7) is 5.37. The van der Waals surface area contributed by atoms with Gasteiger partial charge in [0.15, 0.2) is 0 Å². The molecule has 1 N–H and O–H groups in total. The standard InChI is InChI=1S/C25H35ClN4O4S/c1-6-19(3)27-25(32)23(7-2)29(17-20-13-15-21(26)16-14-20)24(31)18-30(35(33,34)28(4)5)22-11-9-8-10-12-22/h8-16,19,23H,6-7,17-18H2,1-5H3,(H,27,32)/t19-,23+/m1/s1. The van der Waals surface area contributed by atoms with Crippen molar-refractivity contribution < 1.29 is 18.0 Å². The molecule has 0 aliphatic rings. The van der Waals surface area contributed by atoms with E-state index in [-0.39, 0.29) is 18.5 Å². The third-order valence-corrected chi connectivity index (χ3v) is 7.79. The molecule has 0 aliphatic carbocycles. The minimum absolute atomic E-state index is 0.0565. The Hall–Kier alpha value is -2.62. The maximum Gasteiger partial charge on any atom is 0.304 e. The van der Waals surface area contributed by atoms with E-state index >= 15 is 0 Å². The minimum atomic E-state index is -3.97. The first-order chi connectivity index (χ1) is 16.5. The molecule has 0 fully saturated rings. The molecule has 0 radical (unpaired) electrons. The molecule has 0 saturated heterocycles. The third kappa shape index (κ3) is 7.68. The summed E-state index contributed by atoms with van der Waals surface area (Å²) in [4.78, 5) is 28.3. The van der Waals surface area contributed by atoms with E-state index < -0.39 is 28.7 Å². The Balaban J connectivity index is 2.46. The zero-order chi connectivity index (χ0) is 26.2. The van der Waals surface area contributed by atoms with E-state index in [9.17, 15) is 18.0 Å². The molecule has 0 unspecified atom stereocenters. The van der Waals surface area contributed by atoms with Crippen LogP contribution < -0.4 is 9.62 Å². The van der Waals surface area contributed by atoms with Crippen molar-refractivity contribution in [1.82, 2.24) is 14.5 Å². The molecule has 0 aromatic heterocycles. The van der Waals surface area contributed by atoms with Crippen LogP contribution in [0, 0.1) is 0 Å². The molecule has 192 valence electrons. The van der Waals surface area contributed by atoms with Gasteiger partial charge in [-0.05, 0) is 49.6 Å². The number of anilines is 1. The highest BCUT2D eigenvalue weighted by atomic mass is 35.5. The largest absolute Gasteiger partial charge is 0.352 e. The third-order valence-electron chi connectivity index (χ3n) is 5.72. The van der Waals surface area contributed by atoms with Gasteiger partial charge in [-0.3, -0.25) is 9.59 Å². The smallest absolute Gasteiger partial charge is 0.304 e. The average molecular weight is 523 g/mol. The number of para-hydroxylation sites is 1. The Kier molecular flexibility index (Phi) is 10.5. The van der Waals surface area contributed by atoms with Crippen LogP contribution in [0.5, 0.6) is 0 Å². The van der Waals surface area contributed by atoms with Crippen LogP contribution in [0.2, 0.25) is 5.02 Å². The summed E-state index contributed by atoms with van der Waals surface area (Å²) in [6.07, 6.45) is 1.11. The number of nitrogens with one attached hydrogen (secondary N) is 1. The molecule has 0 aliphatic heterocycles. The van der Waals surface area contributed by atoms with Crippen LogP contribution in [0.25, 0.3) is 0 Å². The van der Waals surface area contributed by atoms with Crippen LogP contribution in [-0.4, -0.2) is 62.2 Å². The Morgan fingerprint density at radius 2 is 1.57 bits per heavy atom. The quantitative estimate of drug-likeness (QED) is 0.460. The van der Waals surface area contributed by atoms with Crippen molar-refractivity contribution in [3.8, 4) is 0 Å². The number of carbonyl (C=O) groups excluding carboxylic acids is 2. The van der Waals surface area contributed by atoms with Crippen molar-refractivity contribution >= 4 is 39.3 Å². The second-order valence-corrected chi connectivity index (χ2v) is 11.0. The Bertz CT molecular complexity index is 1080. The van der Waals surface area contributed by atoms with Crippen LogP contribution in [-0.2, 0) is 26.3 Å². The summed E-state index contributed by atoms with van der Waals surface area (Å²) in [6, 6.07) is 14.6. The number of halogens is 1. The van der Waals surface area contributed by atoms with Crippen molar-refractivity contribution in [3.05, 3.63) is 65.2 Å². The molecule has 35 heavy (non-hydrogen) atoms. The lowest BCUT2D eigenvalue weighted by Crippen LogP contribution is -2.54. The fourth-order valence-electron chi connectivity index (χ4n) is 3.46. The number of amides is 2. The van der Waals surface area contributed by atoms with Crippen LogP contribution in [0.1, 0.15) is 39.2 Å². The molecule has 0 heterocycles. The van der Waals surface area contributed by atoms with Crippen molar-refractivity contribution in [1.29, 1.82) is 0 Å². The van der Waals surface area contributed by atoms with Crippen LogP contribution in [0.3, 0.4) is 0 Å². The number of benzene rings is 2. The number of hydrogen-bond acceptors (Lipinski definition) is 4. The Morgan fingerprint density at radius 1 is 0.971 bits per heavy atom. The fourth-order valence-corrected chi connectivity index (χ4v) is 4.64. The van der Waals surface area contributed by atoms with Crippen LogP contribution in [0.4, 0.5) is 5.69 Å². The maximum absolute atomic E-state index is 13.7. The van der Waals surface area contributed by atoms with Gasteiger partial charge in [0.25, 0.3) is 0 Å². The molecular formula is C25H35ClN4O4S. The van der Waals surface area contributed by atoms with E-state index in [1.807, 2.05) is 20.8 Å². The SMILES string of the molecule is CC[C@@H](C)NC(=O)[C@H](CC)N(Cc1ccc(Cl)cc1)C(=O)CN(c1ccccc1)S(=O)(=O)N(C)C. The molecule has 10 heteroatoms. The van der Waals surface area contributed by atoms with E-state index in [1.54, 1.807) is 54.6 Å². The van der Waals surface area contributed by atoms with Gasteiger partial charge in [-0.1, -0.05) is 55.8 Å². The highest BCUT2D eigenvalue weighted by Gasteiger charge is 2.33. The summed E-state index contributed by atoms with van der Waals surface area (Å²) in [5.74, 6) is -0.758. The molecule has 2 rings (SSSR count). The Labute approximate surface area is 214 Å². The van der Waals surface area contributed by atoms with E-state index in [0.717, 1.165) is 20.6 Å². The van der Waals surface area contributed by atoms with Gasteiger partial charge in [-0.25, -0.2) is 4.31 Å². The van der Waals surface area contributed by atoms with Crippen LogP contribution >= 0.6 is 11.6 Å². The highest BCUT2D eigenvalue weighted by Crippen LogP contribution is 2.21. The topological polar surface area (TPSA) is 90.0 Å². The number of carbonyl (C=O) groups is 2. The summed E-state index contributed by atoms with van der Waals surface area (Å²) in [5.41, 5.74) is 1.14. The van der Waals surface area contributed by atoms with E-state index in [0.29, 0.717) is 17.1 Å². The van der Waals surface area contributed by atoms with Gasteiger partial charge < -0.3 is 10.2 Å². The van der Waals surface area contributed by atoms with Gasteiger partial charge in [0.2, 0.25) is 11.8 Å². The van der Waals surface area contributed by atoms with Gasteiger partial charge in [0.05, 0.1) is 5.69 Å². The number of rotatable bonds is 12. The fraction of sp³-hybridized carbons (Fsp3) is 0.440. The predicted octanol–water partition coefficient (Wildman–Crippen LogP) is 3.67. The lowest BCUT2D eigenvalue weighted by Gasteiger charge is -2.34. The summed E-state index contributed by atoms with van der Waals surface area (Å²) < 4.78 is 28.4. The zero-order valence-electron chi connectivity index (χ0n) is 20.9. The molecule has 0 saturated carbocycles. The molecular weight excluding hydrogens is 488 g/mol. The van der Waals surface area contributed by atoms with E-state index in [2.05, 4.69) is 5.32 Å². The molecule has 2 amide bonds. The molecule has 8 nitrogen and oxygen atoms in total. The summed E-state index contributed by atoms with van der Waals surface area (Å²) in [5, 5.41) is 3.51. The van der Waals surface area contributed by atoms with Crippen molar-refractivity contribution in [2.24, 2.45) is 0 Å². The van der Waals surface area contributed by atoms with Gasteiger partial charge in [0.1, 0.15) is 12.6 Å². The van der Waals surface area contributed by atoms with Crippen molar-refractivity contribution in [3.63, 3.8) is 0 Å². The molecule has 0 spiro atoms. The molecule has 2 aromatic rings. The van der Waals surface area contributed by atoms with Crippen molar-refractivity contribution in [2.45, 2.75) is 52.2 Å². The normalized spacial score (nSPS) is 13.2. The summed E-state index contributed by atoms with van der Waals surface area (Å²) >= 11 is 6.02. The first-order valence-electron chi connectivity index (χ1n) is 11.6. The lowest BCUT2D eigenvalue weighted by molar-refractivity contribution is -0.140. The van der Waals surface area contributed by atoms with Gasteiger partial charge >= 0.3 is 10.2 Å². The average Bonchev–Trinajstić information content (AvgIpc) is 2.83. The summed E-state index contributed by atoms with van der Waals surface area (Å²) in [7, 11) is -1.15. The second kappa shape index (κ2) is 12.9. The molecule has 2 aromatic carbocycles.